The standard InChI is InChI=1S/C17H32N4O2/c1-12-10-14(12)20-15(18-5)19-11-13-8-6-7-9-21(13)16(22)23-17(2,3)4/h12-14H,6-11H2,1-5H3,(H2,18,19,20). The van der Waals surface area contributed by atoms with E-state index in [1.54, 1.807) is 7.05 Å². The number of likely N-dealkylation sites (tertiary alicyclic amines) is 1. The molecule has 1 heterocycles. The van der Waals surface area contributed by atoms with E-state index in [0.717, 1.165) is 37.7 Å². The lowest BCUT2D eigenvalue weighted by molar-refractivity contribution is 0.0104. The van der Waals surface area contributed by atoms with E-state index in [4.69, 9.17) is 4.74 Å². The summed E-state index contributed by atoms with van der Waals surface area (Å²) in [7, 11) is 1.79. The molecule has 1 saturated heterocycles. The van der Waals surface area contributed by atoms with Crippen LogP contribution in [0.15, 0.2) is 4.99 Å². The molecule has 1 aliphatic heterocycles. The van der Waals surface area contributed by atoms with Gasteiger partial charge in [0.05, 0.1) is 6.04 Å². The molecule has 0 spiro atoms. The third-order valence-corrected chi connectivity index (χ3v) is 4.42. The van der Waals surface area contributed by atoms with Crippen LogP contribution in [0, 0.1) is 5.92 Å². The van der Waals surface area contributed by atoms with E-state index < -0.39 is 5.60 Å². The largest absolute Gasteiger partial charge is 0.444 e. The second kappa shape index (κ2) is 7.41. The van der Waals surface area contributed by atoms with Crippen molar-refractivity contribution < 1.29 is 9.53 Å². The molecule has 1 aliphatic carbocycles. The maximum Gasteiger partial charge on any atom is 0.410 e. The van der Waals surface area contributed by atoms with Crippen LogP contribution >= 0.6 is 0 Å². The predicted octanol–water partition coefficient (Wildman–Crippen LogP) is 2.35. The molecule has 2 fully saturated rings. The van der Waals surface area contributed by atoms with E-state index in [1.165, 1.54) is 6.42 Å². The predicted molar refractivity (Wildman–Crippen MR) is 92.6 cm³/mol. The first-order chi connectivity index (χ1) is 10.8. The molecule has 0 aromatic heterocycles. The molecule has 0 bridgehead atoms. The van der Waals surface area contributed by atoms with Gasteiger partial charge in [-0.1, -0.05) is 6.92 Å². The van der Waals surface area contributed by atoms with Crippen molar-refractivity contribution in [3.05, 3.63) is 0 Å². The topological polar surface area (TPSA) is 66.0 Å². The number of ether oxygens (including phenoxy) is 1. The van der Waals surface area contributed by atoms with Crippen LogP contribution in [0.1, 0.15) is 53.4 Å². The summed E-state index contributed by atoms with van der Waals surface area (Å²) in [6.07, 6.45) is 4.19. The Balaban J connectivity index is 1.86. The number of nitrogens with one attached hydrogen (secondary N) is 2. The number of carbonyl (C=O) groups excluding carboxylic acids is 1. The molecule has 0 aromatic carbocycles. The summed E-state index contributed by atoms with van der Waals surface area (Å²) in [5.74, 6) is 1.55. The van der Waals surface area contributed by atoms with E-state index in [2.05, 4.69) is 22.5 Å². The molecule has 2 N–H and O–H groups in total. The average Bonchev–Trinajstić information content (AvgIpc) is 3.17. The fourth-order valence-corrected chi connectivity index (χ4v) is 2.88. The van der Waals surface area contributed by atoms with Gasteiger partial charge in [-0.15, -0.1) is 0 Å². The minimum Gasteiger partial charge on any atom is -0.444 e. The molecule has 1 amide bonds. The van der Waals surface area contributed by atoms with Crippen LogP contribution in [0.25, 0.3) is 0 Å². The van der Waals surface area contributed by atoms with E-state index in [-0.39, 0.29) is 12.1 Å². The van der Waals surface area contributed by atoms with Crippen LogP contribution in [0.4, 0.5) is 4.79 Å². The van der Waals surface area contributed by atoms with Crippen molar-refractivity contribution in [2.24, 2.45) is 10.9 Å². The van der Waals surface area contributed by atoms with E-state index in [0.29, 0.717) is 12.6 Å². The molecular weight excluding hydrogens is 292 g/mol. The van der Waals surface area contributed by atoms with Gasteiger partial charge in [0.2, 0.25) is 0 Å². The molecule has 6 heteroatoms. The number of carbonyl (C=O) groups is 1. The lowest BCUT2D eigenvalue weighted by Crippen LogP contribution is -2.52. The average molecular weight is 324 g/mol. The summed E-state index contributed by atoms with van der Waals surface area (Å²) < 4.78 is 5.54. The molecular formula is C17H32N4O2. The summed E-state index contributed by atoms with van der Waals surface area (Å²) in [6.45, 7) is 9.43. The van der Waals surface area contributed by atoms with Gasteiger partial charge in [0.25, 0.3) is 0 Å². The third-order valence-electron chi connectivity index (χ3n) is 4.42. The molecule has 2 rings (SSSR count). The maximum absolute atomic E-state index is 12.4. The van der Waals surface area contributed by atoms with Crippen molar-refractivity contribution in [1.82, 2.24) is 15.5 Å². The molecule has 2 aliphatic rings. The lowest BCUT2D eigenvalue weighted by Gasteiger charge is -2.37. The molecule has 132 valence electrons. The summed E-state index contributed by atoms with van der Waals surface area (Å²) in [5, 5.41) is 6.78. The van der Waals surface area contributed by atoms with Crippen molar-refractivity contribution in [2.75, 3.05) is 20.1 Å². The first-order valence-electron chi connectivity index (χ1n) is 8.77. The Morgan fingerprint density at radius 2 is 2.04 bits per heavy atom. The summed E-state index contributed by atoms with van der Waals surface area (Å²) in [6, 6.07) is 0.697. The first kappa shape index (κ1) is 17.9. The smallest absolute Gasteiger partial charge is 0.410 e. The molecule has 23 heavy (non-hydrogen) atoms. The number of rotatable bonds is 3. The minimum atomic E-state index is -0.452. The third kappa shape index (κ3) is 5.59. The van der Waals surface area contributed by atoms with Gasteiger partial charge in [-0.2, -0.15) is 0 Å². The highest BCUT2D eigenvalue weighted by Gasteiger charge is 2.34. The fraction of sp³-hybridized carbons (Fsp3) is 0.882. The number of hydrogen-bond donors (Lipinski definition) is 2. The Hall–Kier alpha value is -1.46. The Labute approximate surface area is 140 Å². The van der Waals surface area contributed by atoms with Gasteiger partial charge in [-0.05, 0) is 52.4 Å². The Bertz CT molecular complexity index is 444. The SMILES string of the molecule is CN=C(NCC1CCCCN1C(=O)OC(C)(C)C)NC1CC1C. The van der Waals surface area contributed by atoms with Gasteiger partial charge in [0.15, 0.2) is 5.96 Å². The van der Waals surface area contributed by atoms with Gasteiger partial charge < -0.3 is 20.3 Å². The number of guanidine groups is 1. The van der Waals surface area contributed by atoms with Crippen molar-refractivity contribution >= 4 is 12.1 Å². The Morgan fingerprint density at radius 1 is 1.35 bits per heavy atom. The lowest BCUT2D eigenvalue weighted by atomic mass is 10.0. The number of amides is 1. The molecule has 3 atom stereocenters. The number of aliphatic imine (C=N–C) groups is 1. The summed E-state index contributed by atoms with van der Waals surface area (Å²) >= 11 is 0. The zero-order valence-electron chi connectivity index (χ0n) is 15.2. The van der Waals surface area contributed by atoms with Crippen LogP contribution in [-0.2, 0) is 4.74 Å². The van der Waals surface area contributed by atoms with Crippen LogP contribution in [-0.4, -0.2) is 54.8 Å². The normalized spacial score (nSPS) is 28.3. The van der Waals surface area contributed by atoms with Crippen LogP contribution in [0.2, 0.25) is 0 Å². The number of hydrogen-bond acceptors (Lipinski definition) is 3. The summed E-state index contributed by atoms with van der Waals surface area (Å²) in [4.78, 5) is 18.5. The Kier molecular flexibility index (Phi) is 5.76. The monoisotopic (exact) mass is 324 g/mol. The Morgan fingerprint density at radius 3 is 2.61 bits per heavy atom. The van der Waals surface area contributed by atoms with Crippen molar-refractivity contribution in [3.8, 4) is 0 Å². The maximum atomic E-state index is 12.4. The highest BCUT2D eigenvalue weighted by Crippen LogP contribution is 2.28. The minimum absolute atomic E-state index is 0.161. The van der Waals surface area contributed by atoms with Gasteiger partial charge in [0, 0.05) is 26.2 Å². The summed E-state index contributed by atoms with van der Waals surface area (Å²) in [5.41, 5.74) is -0.452. The van der Waals surface area contributed by atoms with Crippen LogP contribution in [0.3, 0.4) is 0 Å². The molecule has 0 radical (unpaired) electrons. The zero-order chi connectivity index (χ0) is 17.0. The van der Waals surface area contributed by atoms with Crippen molar-refractivity contribution in [2.45, 2.75) is 71.1 Å². The second-order valence-corrected chi connectivity index (χ2v) is 7.74. The van der Waals surface area contributed by atoms with E-state index in [9.17, 15) is 4.79 Å². The highest BCUT2D eigenvalue weighted by molar-refractivity contribution is 5.80. The van der Waals surface area contributed by atoms with Crippen molar-refractivity contribution in [1.29, 1.82) is 0 Å². The molecule has 0 aromatic rings. The fourth-order valence-electron chi connectivity index (χ4n) is 2.88. The van der Waals surface area contributed by atoms with E-state index >= 15 is 0 Å². The number of nitrogens with zero attached hydrogens (tertiary/aromatic N) is 2. The van der Waals surface area contributed by atoms with Gasteiger partial charge in [0.1, 0.15) is 5.60 Å². The van der Waals surface area contributed by atoms with Gasteiger partial charge >= 0.3 is 6.09 Å². The number of piperidine rings is 1. The highest BCUT2D eigenvalue weighted by atomic mass is 16.6. The molecule has 6 nitrogen and oxygen atoms in total. The molecule has 1 saturated carbocycles. The quantitative estimate of drug-likeness (QED) is 0.618. The molecule has 3 unspecified atom stereocenters. The van der Waals surface area contributed by atoms with Gasteiger partial charge in [-0.3, -0.25) is 4.99 Å². The first-order valence-corrected chi connectivity index (χ1v) is 8.77. The van der Waals surface area contributed by atoms with Crippen LogP contribution < -0.4 is 10.6 Å². The van der Waals surface area contributed by atoms with Crippen molar-refractivity contribution in [3.63, 3.8) is 0 Å². The zero-order valence-corrected chi connectivity index (χ0v) is 15.2. The van der Waals surface area contributed by atoms with Crippen LogP contribution in [0.5, 0.6) is 0 Å². The van der Waals surface area contributed by atoms with E-state index in [1.807, 2.05) is 25.7 Å². The second-order valence-electron chi connectivity index (χ2n) is 7.74. The van der Waals surface area contributed by atoms with Gasteiger partial charge in [-0.25, -0.2) is 4.79 Å².